The second kappa shape index (κ2) is 5.54. The van der Waals surface area contributed by atoms with Crippen molar-refractivity contribution in [3.63, 3.8) is 0 Å². The van der Waals surface area contributed by atoms with Gasteiger partial charge in [-0.15, -0.1) is 0 Å². The summed E-state index contributed by atoms with van der Waals surface area (Å²) >= 11 is 0. The Labute approximate surface area is 97.2 Å². The standard InChI is InChI=1S/C13H20N2O/c1-4-5-10(2)13(16)15(3)12-8-6-11(14)7-9-12/h6-10H,4-5,14H2,1-3H3. The van der Waals surface area contributed by atoms with Crippen LogP contribution < -0.4 is 10.6 Å². The first kappa shape index (κ1) is 12.6. The number of nitrogens with two attached hydrogens (primary N) is 1. The van der Waals surface area contributed by atoms with Crippen LogP contribution in [0.5, 0.6) is 0 Å². The van der Waals surface area contributed by atoms with E-state index in [9.17, 15) is 4.79 Å². The summed E-state index contributed by atoms with van der Waals surface area (Å²) in [6.07, 6.45) is 1.96. The maximum Gasteiger partial charge on any atom is 0.229 e. The fraction of sp³-hybridized carbons (Fsp3) is 0.462. The van der Waals surface area contributed by atoms with Crippen molar-refractivity contribution < 1.29 is 4.79 Å². The zero-order valence-electron chi connectivity index (χ0n) is 10.2. The molecule has 0 aliphatic heterocycles. The summed E-state index contributed by atoms with van der Waals surface area (Å²) in [6, 6.07) is 7.35. The van der Waals surface area contributed by atoms with E-state index >= 15 is 0 Å². The van der Waals surface area contributed by atoms with E-state index in [1.54, 1.807) is 11.9 Å². The van der Waals surface area contributed by atoms with Crippen LogP contribution in [0.1, 0.15) is 26.7 Å². The van der Waals surface area contributed by atoms with Crippen LogP contribution in [0.4, 0.5) is 11.4 Å². The highest BCUT2D eigenvalue weighted by Gasteiger charge is 2.17. The van der Waals surface area contributed by atoms with Gasteiger partial charge >= 0.3 is 0 Å². The molecule has 0 spiro atoms. The van der Waals surface area contributed by atoms with E-state index in [2.05, 4.69) is 6.92 Å². The number of carbonyl (C=O) groups excluding carboxylic acids is 1. The van der Waals surface area contributed by atoms with Crippen molar-refractivity contribution >= 4 is 17.3 Å². The highest BCUT2D eigenvalue weighted by atomic mass is 16.2. The molecule has 1 amide bonds. The Kier molecular flexibility index (Phi) is 4.35. The minimum atomic E-state index is 0.0764. The van der Waals surface area contributed by atoms with Gasteiger partial charge in [-0.2, -0.15) is 0 Å². The number of rotatable bonds is 4. The molecule has 3 nitrogen and oxygen atoms in total. The highest BCUT2D eigenvalue weighted by Crippen LogP contribution is 2.18. The van der Waals surface area contributed by atoms with Gasteiger partial charge in [0.1, 0.15) is 0 Å². The summed E-state index contributed by atoms with van der Waals surface area (Å²) in [6.45, 7) is 4.06. The first-order valence-electron chi connectivity index (χ1n) is 5.69. The van der Waals surface area contributed by atoms with Crippen LogP contribution in [0.2, 0.25) is 0 Å². The zero-order chi connectivity index (χ0) is 12.1. The fourth-order valence-corrected chi connectivity index (χ4v) is 1.71. The molecule has 0 aliphatic carbocycles. The molecule has 1 unspecified atom stereocenters. The number of hydrogen-bond donors (Lipinski definition) is 1. The SMILES string of the molecule is CCCC(C)C(=O)N(C)c1ccc(N)cc1. The number of amides is 1. The summed E-state index contributed by atoms with van der Waals surface area (Å²) < 4.78 is 0. The lowest BCUT2D eigenvalue weighted by atomic mass is 10.0. The van der Waals surface area contributed by atoms with Gasteiger partial charge in [0.2, 0.25) is 5.91 Å². The van der Waals surface area contributed by atoms with E-state index < -0.39 is 0 Å². The number of carbonyl (C=O) groups is 1. The highest BCUT2D eigenvalue weighted by molar-refractivity contribution is 5.94. The minimum absolute atomic E-state index is 0.0764. The number of benzene rings is 1. The van der Waals surface area contributed by atoms with Gasteiger partial charge in [-0.25, -0.2) is 0 Å². The normalized spacial score (nSPS) is 12.2. The van der Waals surface area contributed by atoms with Crippen LogP contribution in [0, 0.1) is 5.92 Å². The molecule has 1 rings (SSSR count). The monoisotopic (exact) mass is 220 g/mol. The molecule has 1 atom stereocenters. The van der Waals surface area contributed by atoms with Gasteiger partial charge in [0.15, 0.2) is 0 Å². The summed E-state index contributed by atoms with van der Waals surface area (Å²) in [5.41, 5.74) is 7.21. The third kappa shape index (κ3) is 2.99. The van der Waals surface area contributed by atoms with Gasteiger partial charge in [-0.1, -0.05) is 20.3 Å². The lowest BCUT2D eigenvalue weighted by Gasteiger charge is -2.21. The number of nitrogen functional groups attached to an aromatic ring is 1. The Morgan fingerprint density at radius 1 is 1.38 bits per heavy atom. The molecular weight excluding hydrogens is 200 g/mol. The average molecular weight is 220 g/mol. The average Bonchev–Trinajstić information content (AvgIpc) is 2.28. The molecule has 0 radical (unpaired) electrons. The van der Waals surface area contributed by atoms with Gasteiger partial charge in [0.05, 0.1) is 0 Å². The minimum Gasteiger partial charge on any atom is -0.399 e. The molecule has 0 fully saturated rings. The summed E-state index contributed by atoms with van der Waals surface area (Å²) in [5, 5.41) is 0. The Balaban J connectivity index is 2.73. The third-order valence-corrected chi connectivity index (χ3v) is 2.75. The molecule has 0 bridgehead atoms. The molecule has 2 N–H and O–H groups in total. The molecule has 3 heteroatoms. The van der Waals surface area contributed by atoms with Crippen molar-refractivity contribution in [2.45, 2.75) is 26.7 Å². The molecule has 0 aliphatic rings. The van der Waals surface area contributed by atoms with Crippen LogP contribution in [0.3, 0.4) is 0 Å². The van der Waals surface area contributed by atoms with Crippen molar-refractivity contribution in [2.75, 3.05) is 17.7 Å². The van der Waals surface area contributed by atoms with Crippen molar-refractivity contribution in [3.05, 3.63) is 24.3 Å². The Morgan fingerprint density at radius 3 is 2.44 bits per heavy atom. The molecule has 88 valence electrons. The Bertz CT molecular complexity index is 345. The second-order valence-electron chi connectivity index (χ2n) is 4.18. The number of hydrogen-bond acceptors (Lipinski definition) is 2. The van der Waals surface area contributed by atoms with E-state index in [0.29, 0.717) is 5.69 Å². The lowest BCUT2D eigenvalue weighted by molar-refractivity contribution is -0.121. The van der Waals surface area contributed by atoms with E-state index in [1.807, 2.05) is 31.2 Å². The van der Waals surface area contributed by atoms with E-state index in [4.69, 9.17) is 5.73 Å². The van der Waals surface area contributed by atoms with Crippen molar-refractivity contribution in [2.24, 2.45) is 5.92 Å². The van der Waals surface area contributed by atoms with Crippen LogP contribution in [0.15, 0.2) is 24.3 Å². The Morgan fingerprint density at radius 2 is 1.94 bits per heavy atom. The third-order valence-electron chi connectivity index (χ3n) is 2.75. The van der Waals surface area contributed by atoms with Gasteiger partial charge in [0, 0.05) is 24.3 Å². The van der Waals surface area contributed by atoms with Crippen LogP contribution in [-0.2, 0) is 4.79 Å². The summed E-state index contributed by atoms with van der Waals surface area (Å²) in [4.78, 5) is 13.7. The lowest BCUT2D eigenvalue weighted by Crippen LogP contribution is -2.31. The van der Waals surface area contributed by atoms with Gasteiger partial charge in [0.25, 0.3) is 0 Å². The predicted molar refractivity (Wildman–Crippen MR) is 68.3 cm³/mol. The largest absolute Gasteiger partial charge is 0.399 e. The molecular formula is C13H20N2O. The fourth-order valence-electron chi connectivity index (χ4n) is 1.71. The van der Waals surface area contributed by atoms with Gasteiger partial charge in [-0.05, 0) is 30.7 Å². The second-order valence-corrected chi connectivity index (χ2v) is 4.18. The topological polar surface area (TPSA) is 46.3 Å². The summed E-state index contributed by atoms with van der Waals surface area (Å²) in [7, 11) is 1.81. The predicted octanol–water partition coefficient (Wildman–Crippen LogP) is 2.67. The van der Waals surface area contributed by atoms with Crippen LogP contribution in [0.25, 0.3) is 0 Å². The van der Waals surface area contributed by atoms with E-state index in [0.717, 1.165) is 18.5 Å². The molecule has 0 aromatic heterocycles. The maximum atomic E-state index is 12.0. The first-order valence-corrected chi connectivity index (χ1v) is 5.69. The molecule has 1 aromatic carbocycles. The van der Waals surface area contributed by atoms with Crippen molar-refractivity contribution in [3.8, 4) is 0 Å². The summed E-state index contributed by atoms with van der Waals surface area (Å²) in [5.74, 6) is 0.235. The number of nitrogens with zero attached hydrogens (tertiary/aromatic N) is 1. The van der Waals surface area contributed by atoms with Crippen LogP contribution >= 0.6 is 0 Å². The first-order chi connectivity index (χ1) is 7.56. The van der Waals surface area contributed by atoms with Crippen molar-refractivity contribution in [1.29, 1.82) is 0 Å². The molecule has 1 aromatic rings. The molecule has 0 heterocycles. The van der Waals surface area contributed by atoms with Gasteiger partial charge in [-0.3, -0.25) is 4.79 Å². The van der Waals surface area contributed by atoms with E-state index in [-0.39, 0.29) is 11.8 Å². The number of anilines is 2. The smallest absolute Gasteiger partial charge is 0.229 e. The zero-order valence-corrected chi connectivity index (χ0v) is 10.2. The maximum absolute atomic E-state index is 12.0. The van der Waals surface area contributed by atoms with Crippen LogP contribution in [-0.4, -0.2) is 13.0 Å². The molecule has 16 heavy (non-hydrogen) atoms. The molecule has 0 saturated heterocycles. The quantitative estimate of drug-likeness (QED) is 0.793. The Hall–Kier alpha value is -1.51. The molecule has 0 saturated carbocycles. The van der Waals surface area contributed by atoms with E-state index in [1.165, 1.54) is 0 Å². The van der Waals surface area contributed by atoms with Crippen molar-refractivity contribution in [1.82, 2.24) is 0 Å². The van der Waals surface area contributed by atoms with Gasteiger partial charge < -0.3 is 10.6 Å².